The standard InChI is InChI=1S/C16H13N5/c1-11-7-8-15-13(9-11)14(10-17-15)16-18-19-20-21(16)12-5-3-2-4-6-12/h2-10,17H,1H3. The number of fused-ring (bicyclic) bond motifs is 1. The summed E-state index contributed by atoms with van der Waals surface area (Å²) in [4.78, 5) is 3.27. The smallest absolute Gasteiger partial charge is 0.189 e. The molecule has 0 fully saturated rings. The van der Waals surface area contributed by atoms with Gasteiger partial charge in [-0.3, -0.25) is 0 Å². The second-order valence-electron chi connectivity index (χ2n) is 5.00. The van der Waals surface area contributed by atoms with E-state index in [-0.39, 0.29) is 0 Å². The first-order chi connectivity index (χ1) is 10.3. The van der Waals surface area contributed by atoms with Crippen LogP contribution in [0.25, 0.3) is 28.0 Å². The zero-order valence-corrected chi connectivity index (χ0v) is 11.5. The Labute approximate surface area is 121 Å². The third-order valence-corrected chi connectivity index (χ3v) is 3.55. The van der Waals surface area contributed by atoms with Crippen LogP contribution in [0.1, 0.15) is 5.56 Å². The monoisotopic (exact) mass is 275 g/mol. The van der Waals surface area contributed by atoms with Crippen molar-refractivity contribution < 1.29 is 0 Å². The lowest BCUT2D eigenvalue weighted by atomic mass is 10.1. The van der Waals surface area contributed by atoms with Crippen molar-refractivity contribution >= 4 is 10.9 Å². The van der Waals surface area contributed by atoms with E-state index in [2.05, 4.69) is 45.6 Å². The SMILES string of the molecule is Cc1ccc2[nH]cc(-c3nnnn3-c3ccccc3)c2c1. The van der Waals surface area contributed by atoms with E-state index in [1.807, 2.05) is 36.5 Å². The van der Waals surface area contributed by atoms with Crippen molar-refractivity contribution in [3.05, 3.63) is 60.3 Å². The van der Waals surface area contributed by atoms with Gasteiger partial charge in [-0.2, -0.15) is 4.68 Å². The molecule has 0 aliphatic heterocycles. The van der Waals surface area contributed by atoms with Crippen molar-refractivity contribution in [2.45, 2.75) is 6.92 Å². The summed E-state index contributed by atoms with van der Waals surface area (Å²) in [5.74, 6) is 0.734. The first-order valence-electron chi connectivity index (χ1n) is 6.75. The summed E-state index contributed by atoms with van der Waals surface area (Å²) in [6.45, 7) is 2.08. The normalized spacial score (nSPS) is 11.1. The second-order valence-corrected chi connectivity index (χ2v) is 5.00. The summed E-state index contributed by atoms with van der Waals surface area (Å²) in [6, 6.07) is 16.2. The fourth-order valence-electron chi connectivity index (χ4n) is 2.52. The second kappa shape index (κ2) is 4.56. The van der Waals surface area contributed by atoms with Crippen molar-refractivity contribution in [2.75, 3.05) is 0 Å². The largest absolute Gasteiger partial charge is 0.360 e. The number of aryl methyl sites for hydroxylation is 1. The predicted octanol–water partition coefficient (Wildman–Crippen LogP) is 3.12. The highest BCUT2D eigenvalue weighted by Gasteiger charge is 2.14. The molecule has 0 unspecified atom stereocenters. The van der Waals surface area contributed by atoms with Crippen LogP contribution >= 0.6 is 0 Å². The molecule has 1 N–H and O–H groups in total. The summed E-state index contributed by atoms with van der Waals surface area (Å²) in [5, 5.41) is 13.3. The summed E-state index contributed by atoms with van der Waals surface area (Å²) < 4.78 is 1.75. The van der Waals surface area contributed by atoms with E-state index in [1.165, 1.54) is 5.56 Å². The summed E-state index contributed by atoms with van der Waals surface area (Å²) in [6.07, 6.45) is 1.95. The van der Waals surface area contributed by atoms with Crippen LogP contribution in [0, 0.1) is 6.92 Å². The molecule has 4 rings (SSSR count). The molecule has 2 aromatic carbocycles. The van der Waals surface area contributed by atoms with E-state index in [4.69, 9.17) is 0 Å². The topological polar surface area (TPSA) is 59.4 Å². The average molecular weight is 275 g/mol. The number of rotatable bonds is 2. The molecule has 0 saturated heterocycles. The molecule has 0 aliphatic carbocycles. The van der Waals surface area contributed by atoms with Crippen LogP contribution in [0.3, 0.4) is 0 Å². The maximum Gasteiger partial charge on any atom is 0.189 e. The van der Waals surface area contributed by atoms with Gasteiger partial charge in [-0.25, -0.2) is 0 Å². The van der Waals surface area contributed by atoms with Crippen molar-refractivity contribution in [3.8, 4) is 17.1 Å². The molecule has 0 spiro atoms. The maximum atomic E-state index is 4.20. The van der Waals surface area contributed by atoms with Crippen LogP contribution in [0.4, 0.5) is 0 Å². The van der Waals surface area contributed by atoms with Crippen LogP contribution in [0.2, 0.25) is 0 Å². The molecule has 0 atom stereocenters. The number of benzene rings is 2. The maximum absolute atomic E-state index is 4.20. The highest BCUT2D eigenvalue weighted by Crippen LogP contribution is 2.28. The molecule has 0 radical (unpaired) electrons. The zero-order chi connectivity index (χ0) is 14.2. The first-order valence-corrected chi connectivity index (χ1v) is 6.75. The van der Waals surface area contributed by atoms with E-state index >= 15 is 0 Å². The van der Waals surface area contributed by atoms with Gasteiger partial charge in [-0.05, 0) is 41.6 Å². The molecule has 0 saturated carbocycles. The van der Waals surface area contributed by atoms with Crippen LogP contribution in [0.15, 0.2) is 54.7 Å². The van der Waals surface area contributed by atoms with Crippen molar-refractivity contribution in [1.82, 2.24) is 25.2 Å². The van der Waals surface area contributed by atoms with Gasteiger partial charge < -0.3 is 4.98 Å². The fraction of sp³-hybridized carbons (Fsp3) is 0.0625. The van der Waals surface area contributed by atoms with Gasteiger partial charge in [0.25, 0.3) is 0 Å². The Morgan fingerprint density at radius 1 is 1.05 bits per heavy atom. The van der Waals surface area contributed by atoms with Gasteiger partial charge in [-0.15, -0.1) is 5.10 Å². The highest BCUT2D eigenvalue weighted by atomic mass is 15.5. The molecular formula is C16H13N5. The van der Waals surface area contributed by atoms with Gasteiger partial charge in [0.2, 0.25) is 0 Å². The van der Waals surface area contributed by atoms with E-state index in [9.17, 15) is 0 Å². The molecule has 102 valence electrons. The van der Waals surface area contributed by atoms with E-state index in [0.29, 0.717) is 0 Å². The van der Waals surface area contributed by atoms with Gasteiger partial charge in [0, 0.05) is 22.7 Å². The van der Waals surface area contributed by atoms with Crippen LogP contribution in [-0.2, 0) is 0 Å². The minimum atomic E-state index is 0.734. The minimum absolute atomic E-state index is 0.734. The van der Waals surface area contributed by atoms with Gasteiger partial charge in [0.1, 0.15) is 0 Å². The highest BCUT2D eigenvalue weighted by molar-refractivity contribution is 5.94. The van der Waals surface area contributed by atoms with E-state index in [1.54, 1.807) is 4.68 Å². The minimum Gasteiger partial charge on any atom is -0.360 e. The first kappa shape index (κ1) is 11.8. The Bertz CT molecular complexity index is 905. The molecule has 2 heterocycles. The number of nitrogens with zero attached hydrogens (tertiary/aromatic N) is 4. The number of aromatic amines is 1. The fourth-order valence-corrected chi connectivity index (χ4v) is 2.52. The zero-order valence-electron chi connectivity index (χ0n) is 11.5. The Kier molecular flexibility index (Phi) is 2.57. The Morgan fingerprint density at radius 3 is 2.76 bits per heavy atom. The van der Waals surface area contributed by atoms with Crippen LogP contribution in [-0.4, -0.2) is 25.2 Å². The molecule has 5 heteroatoms. The third-order valence-electron chi connectivity index (χ3n) is 3.55. The lowest BCUT2D eigenvalue weighted by Crippen LogP contribution is -1.99. The number of tetrazole rings is 1. The number of H-pyrrole nitrogens is 1. The van der Waals surface area contributed by atoms with Crippen molar-refractivity contribution in [3.63, 3.8) is 0 Å². The molecular weight excluding hydrogens is 262 g/mol. The number of nitrogens with one attached hydrogen (secondary N) is 1. The molecule has 4 aromatic rings. The molecule has 2 aromatic heterocycles. The van der Waals surface area contributed by atoms with E-state index < -0.39 is 0 Å². The number of hydrogen-bond acceptors (Lipinski definition) is 3. The van der Waals surface area contributed by atoms with Gasteiger partial charge in [-0.1, -0.05) is 29.8 Å². The van der Waals surface area contributed by atoms with Gasteiger partial charge in [0.15, 0.2) is 5.82 Å². The lowest BCUT2D eigenvalue weighted by molar-refractivity contribution is 0.791. The Balaban J connectivity index is 1.95. The predicted molar refractivity (Wildman–Crippen MR) is 81.2 cm³/mol. The van der Waals surface area contributed by atoms with Crippen LogP contribution < -0.4 is 0 Å². The number of para-hydroxylation sites is 1. The molecule has 0 aliphatic rings. The Hall–Kier alpha value is -2.95. The molecule has 0 bridgehead atoms. The number of aromatic nitrogens is 5. The van der Waals surface area contributed by atoms with Gasteiger partial charge in [0.05, 0.1) is 5.69 Å². The summed E-state index contributed by atoms with van der Waals surface area (Å²) >= 11 is 0. The quantitative estimate of drug-likeness (QED) is 0.611. The van der Waals surface area contributed by atoms with Crippen molar-refractivity contribution in [2.24, 2.45) is 0 Å². The lowest BCUT2D eigenvalue weighted by Gasteiger charge is -2.03. The third kappa shape index (κ3) is 1.90. The van der Waals surface area contributed by atoms with Crippen molar-refractivity contribution in [1.29, 1.82) is 0 Å². The Morgan fingerprint density at radius 2 is 1.90 bits per heavy atom. The summed E-state index contributed by atoms with van der Waals surface area (Å²) in [5.41, 5.74) is 4.24. The number of hydrogen-bond donors (Lipinski definition) is 1. The average Bonchev–Trinajstić information content (AvgIpc) is 3.13. The van der Waals surface area contributed by atoms with Gasteiger partial charge >= 0.3 is 0 Å². The van der Waals surface area contributed by atoms with E-state index in [0.717, 1.165) is 28.0 Å². The molecule has 21 heavy (non-hydrogen) atoms. The molecule has 0 amide bonds. The summed E-state index contributed by atoms with van der Waals surface area (Å²) in [7, 11) is 0. The molecule has 5 nitrogen and oxygen atoms in total. The van der Waals surface area contributed by atoms with Crippen LogP contribution in [0.5, 0.6) is 0 Å².